The summed E-state index contributed by atoms with van der Waals surface area (Å²) in [5.74, 6) is -0.499. The van der Waals surface area contributed by atoms with E-state index in [2.05, 4.69) is 5.32 Å². The highest BCUT2D eigenvalue weighted by Gasteiger charge is 2.09. The molecule has 0 saturated carbocycles. The molecule has 2 aromatic carbocycles. The Balaban J connectivity index is 2.31. The SMILES string of the molecule is COCc1cccc(Nc2cc(N)ccc2C(N)=O)c1. The normalized spacial score (nSPS) is 10.2. The van der Waals surface area contributed by atoms with Crippen LogP contribution in [0.4, 0.5) is 17.1 Å². The maximum Gasteiger partial charge on any atom is 0.250 e. The summed E-state index contributed by atoms with van der Waals surface area (Å²) in [6.45, 7) is 0.523. The third-order valence-electron chi connectivity index (χ3n) is 2.83. The Bertz CT molecular complexity index is 626. The van der Waals surface area contributed by atoms with Gasteiger partial charge in [-0.1, -0.05) is 12.1 Å². The van der Waals surface area contributed by atoms with Crippen molar-refractivity contribution >= 4 is 23.0 Å². The number of anilines is 3. The highest BCUT2D eigenvalue weighted by molar-refractivity contribution is 5.99. The Hall–Kier alpha value is -2.53. The van der Waals surface area contributed by atoms with Gasteiger partial charge in [0.15, 0.2) is 0 Å². The lowest BCUT2D eigenvalue weighted by atomic mass is 10.1. The van der Waals surface area contributed by atoms with Gasteiger partial charge >= 0.3 is 0 Å². The molecule has 0 spiro atoms. The van der Waals surface area contributed by atoms with Crippen molar-refractivity contribution in [3.05, 3.63) is 53.6 Å². The van der Waals surface area contributed by atoms with Gasteiger partial charge in [-0.25, -0.2) is 0 Å². The first-order valence-electron chi connectivity index (χ1n) is 6.14. The molecule has 0 aliphatic heterocycles. The largest absolute Gasteiger partial charge is 0.399 e. The molecule has 2 rings (SSSR count). The standard InChI is InChI=1S/C15H17N3O2/c1-20-9-10-3-2-4-12(7-10)18-14-8-11(16)5-6-13(14)15(17)19/h2-8,18H,9,16H2,1H3,(H2,17,19). The van der Waals surface area contributed by atoms with Crippen LogP contribution in [0.5, 0.6) is 0 Å². The minimum Gasteiger partial charge on any atom is -0.399 e. The van der Waals surface area contributed by atoms with E-state index in [0.717, 1.165) is 11.3 Å². The predicted octanol–water partition coefficient (Wildman–Crippen LogP) is 2.26. The quantitative estimate of drug-likeness (QED) is 0.727. The predicted molar refractivity (Wildman–Crippen MR) is 79.8 cm³/mol. The molecule has 0 heterocycles. The number of hydrogen-bond donors (Lipinski definition) is 3. The lowest BCUT2D eigenvalue weighted by molar-refractivity contribution is 0.100. The molecule has 0 unspecified atom stereocenters. The van der Waals surface area contributed by atoms with Crippen LogP contribution >= 0.6 is 0 Å². The van der Waals surface area contributed by atoms with Crippen molar-refractivity contribution in [2.45, 2.75) is 6.61 Å². The van der Waals surface area contributed by atoms with Gasteiger partial charge in [0.2, 0.25) is 0 Å². The van der Waals surface area contributed by atoms with E-state index in [1.54, 1.807) is 25.3 Å². The molecular formula is C15H17N3O2. The number of carbonyl (C=O) groups excluding carboxylic acids is 1. The van der Waals surface area contributed by atoms with Crippen LogP contribution in [0.1, 0.15) is 15.9 Å². The molecule has 0 saturated heterocycles. The summed E-state index contributed by atoms with van der Waals surface area (Å²) >= 11 is 0. The number of nitrogens with one attached hydrogen (secondary N) is 1. The highest BCUT2D eigenvalue weighted by atomic mass is 16.5. The summed E-state index contributed by atoms with van der Waals surface area (Å²) in [5.41, 5.74) is 14.5. The van der Waals surface area contributed by atoms with Gasteiger partial charge in [0, 0.05) is 18.5 Å². The summed E-state index contributed by atoms with van der Waals surface area (Å²) in [6, 6.07) is 12.6. The maximum atomic E-state index is 11.4. The molecule has 0 aromatic heterocycles. The van der Waals surface area contributed by atoms with Gasteiger partial charge in [0.05, 0.1) is 17.9 Å². The number of primary amides is 1. The lowest BCUT2D eigenvalue weighted by Crippen LogP contribution is -2.13. The van der Waals surface area contributed by atoms with Crippen LogP contribution in [0.3, 0.4) is 0 Å². The Morgan fingerprint density at radius 2 is 2.05 bits per heavy atom. The number of nitrogens with two attached hydrogens (primary N) is 2. The number of carbonyl (C=O) groups is 1. The van der Waals surface area contributed by atoms with Crippen molar-refractivity contribution in [3.63, 3.8) is 0 Å². The fraction of sp³-hybridized carbons (Fsp3) is 0.133. The molecule has 0 fully saturated rings. The first-order valence-corrected chi connectivity index (χ1v) is 6.14. The fourth-order valence-corrected chi connectivity index (χ4v) is 1.94. The summed E-state index contributed by atoms with van der Waals surface area (Å²) in [4.78, 5) is 11.4. The van der Waals surface area contributed by atoms with E-state index in [-0.39, 0.29) is 0 Å². The number of methoxy groups -OCH3 is 1. The fourth-order valence-electron chi connectivity index (χ4n) is 1.94. The number of rotatable bonds is 5. The minimum atomic E-state index is -0.499. The number of amides is 1. The molecule has 104 valence electrons. The molecule has 2 aromatic rings. The van der Waals surface area contributed by atoms with Gasteiger partial charge in [-0.3, -0.25) is 4.79 Å². The molecule has 0 bridgehead atoms. The second kappa shape index (κ2) is 6.08. The van der Waals surface area contributed by atoms with Gasteiger partial charge in [-0.15, -0.1) is 0 Å². The number of nitrogen functional groups attached to an aromatic ring is 1. The number of ether oxygens (including phenoxy) is 1. The smallest absolute Gasteiger partial charge is 0.250 e. The summed E-state index contributed by atoms with van der Waals surface area (Å²) in [7, 11) is 1.64. The summed E-state index contributed by atoms with van der Waals surface area (Å²) < 4.78 is 5.09. The van der Waals surface area contributed by atoms with Crippen LogP contribution in [0.15, 0.2) is 42.5 Å². The molecule has 20 heavy (non-hydrogen) atoms. The third-order valence-corrected chi connectivity index (χ3v) is 2.83. The molecule has 5 nitrogen and oxygen atoms in total. The van der Waals surface area contributed by atoms with Crippen molar-refractivity contribution in [3.8, 4) is 0 Å². The molecule has 1 amide bonds. The second-order valence-corrected chi connectivity index (χ2v) is 4.43. The third kappa shape index (κ3) is 3.27. The zero-order chi connectivity index (χ0) is 14.5. The Morgan fingerprint density at radius 3 is 2.75 bits per heavy atom. The monoisotopic (exact) mass is 271 g/mol. The average molecular weight is 271 g/mol. The molecule has 0 aliphatic rings. The molecule has 5 N–H and O–H groups in total. The van der Waals surface area contributed by atoms with Crippen molar-refractivity contribution in [1.82, 2.24) is 0 Å². The zero-order valence-electron chi connectivity index (χ0n) is 11.2. The molecule has 0 aliphatic carbocycles. The van der Waals surface area contributed by atoms with E-state index in [9.17, 15) is 4.79 Å². The van der Waals surface area contributed by atoms with Gasteiger partial charge in [0.25, 0.3) is 5.91 Å². The van der Waals surface area contributed by atoms with Crippen molar-refractivity contribution in [1.29, 1.82) is 0 Å². The average Bonchev–Trinajstić information content (AvgIpc) is 2.39. The first kappa shape index (κ1) is 13.9. The molecule has 0 radical (unpaired) electrons. The second-order valence-electron chi connectivity index (χ2n) is 4.43. The minimum absolute atomic E-state index is 0.399. The number of benzene rings is 2. The van der Waals surface area contributed by atoms with Crippen LogP contribution in [-0.4, -0.2) is 13.0 Å². The van der Waals surface area contributed by atoms with E-state index in [4.69, 9.17) is 16.2 Å². The van der Waals surface area contributed by atoms with Crippen molar-refractivity contribution in [2.75, 3.05) is 18.2 Å². The van der Waals surface area contributed by atoms with Gasteiger partial charge in [-0.05, 0) is 35.9 Å². The van der Waals surface area contributed by atoms with Gasteiger partial charge in [-0.2, -0.15) is 0 Å². The van der Waals surface area contributed by atoms with E-state index < -0.39 is 5.91 Å². The van der Waals surface area contributed by atoms with E-state index in [1.165, 1.54) is 0 Å². The summed E-state index contributed by atoms with van der Waals surface area (Å²) in [5, 5.41) is 3.16. The molecular weight excluding hydrogens is 254 g/mol. The van der Waals surface area contributed by atoms with Crippen LogP contribution in [0.2, 0.25) is 0 Å². The Morgan fingerprint density at radius 1 is 1.25 bits per heavy atom. The maximum absolute atomic E-state index is 11.4. The van der Waals surface area contributed by atoms with Crippen LogP contribution in [-0.2, 0) is 11.3 Å². The van der Waals surface area contributed by atoms with E-state index in [1.807, 2.05) is 24.3 Å². The molecule has 5 heteroatoms. The van der Waals surface area contributed by atoms with Gasteiger partial charge in [0.1, 0.15) is 0 Å². The summed E-state index contributed by atoms with van der Waals surface area (Å²) in [6.07, 6.45) is 0. The lowest BCUT2D eigenvalue weighted by Gasteiger charge is -2.12. The van der Waals surface area contributed by atoms with Crippen LogP contribution < -0.4 is 16.8 Å². The van der Waals surface area contributed by atoms with Crippen LogP contribution in [0, 0.1) is 0 Å². The van der Waals surface area contributed by atoms with E-state index >= 15 is 0 Å². The topological polar surface area (TPSA) is 90.4 Å². The highest BCUT2D eigenvalue weighted by Crippen LogP contribution is 2.24. The van der Waals surface area contributed by atoms with Gasteiger partial charge < -0.3 is 21.5 Å². The van der Waals surface area contributed by atoms with Crippen LogP contribution in [0.25, 0.3) is 0 Å². The van der Waals surface area contributed by atoms with Crippen molar-refractivity contribution in [2.24, 2.45) is 5.73 Å². The Kier molecular flexibility index (Phi) is 4.22. The van der Waals surface area contributed by atoms with Crippen molar-refractivity contribution < 1.29 is 9.53 Å². The number of hydrogen-bond acceptors (Lipinski definition) is 4. The Labute approximate surface area is 117 Å². The molecule has 0 atom stereocenters. The zero-order valence-corrected chi connectivity index (χ0v) is 11.2. The first-order chi connectivity index (χ1) is 9.60. The van der Waals surface area contributed by atoms with E-state index in [0.29, 0.717) is 23.5 Å².